The van der Waals surface area contributed by atoms with E-state index in [2.05, 4.69) is 9.97 Å². The average molecular weight is 523 g/mol. The number of rotatable bonds is 8. The van der Waals surface area contributed by atoms with Gasteiger partial charge >= 0.3 is 0 Å². The number of ether oxygens (including phenoxy) is 2. The van der Waals surface area contributed by atoms with Crippen LogP contribution in [0.3, 0.4) is 0 Å². The minimum Gasteiger partial charge on any atom is -0.353 e. The Morgan fingerprint density at radius 3 is 1.84 bits per heavy atom. The van der Waals surface area contributed by atoms with E-state index in [1.54, 1.807) is 23.5 Å². The van der Waals surface area contributed by atoms with Gasteiger partial charge in [0, 0.05) is 57.1 Å². The first-order valence-electron chi connectivity index (χ1n) is 13.5. The van der Waals surface area contributed by atoms with Gasteiger partial charge in [-0.2, -0.15) is 0 Å². The predicted octanol–water partition coefficient (Wildman–Crippen LogP) is 3.72. The summed E-state index contributed by atoms with van der Waals surface area (Å²) in [5.41, 5.74) is 2.18. The molecule has 5 heterocycles. The molecule has 3 aliphatic heterocycles. The van der Waals surface area contributed by atoms with Crippen LogP contribution in [-0.2, 0) is 23.9 Å². The normalized spacial score (nSPS) is 25.8. The Hall–Kier alpha value is -3.17. The van der Waals surface area contributed by atoms with Gasteiger partial charge in [0.2, 0.25) is 11.8 Å². The van der Waals surface area contributed by atoms with Gasteiger partial charge in [0.1, 0.15) is 6.29 Å². The number of aldehydes is 1. The molecule has 0 bridgehead atoms. The van der Waals surface area contributed by atoms with Gasteiger partial charge in [0.15, 0.2) is 6.29 Å². The Kier molecular flexibility index (Phi) is 9.95. The van der Waals surface area contributed by atoms with E-state index in [-0.39, 0.29) is 42.0 Å². The van der Waals surface area contributed by atoms with Gasteiger partial charge in [-0.25, -0.2) is 0 Å². The summed E-state index contributed by atoms with van der Waals surface area (Å²) >= 11 is 0. The fraction of sp³-hybridized carbons (Fsp3) is 0.552. The maximum absolute atomic E-state index is 12.4. The monoisotopic (exact) mass is 522 g/mol. The summed E-state index contributed by atoms with van der Waals surface area (Å²) in [5.74, 6) is 0.408. The average Bonchev–Trinajstić information content (AvgIpc) is 3.42. The van der Waals surface area contributed by atoms with Gasteiger partial charge in [0.05, 0.1) is 25.3 Å². The molecule has 4 unspecified atom stereocenters. The first-order valence-corrected chi connectivity index (χ1v) is 13.5. The van der Waals surface area contributed by atoms with Crippen LogP contribution in [0.1, 0.15) is 68.2 Å². The summed E-state index contributed by atoms with van der Waals surface area (Å²) < 4.78 is 11.1. The minimum atomic E-state index is -0.130. The molecule has 4 atom stereocenters. The van der Waals surface area contributed by atoms with E-state index in [4.69, 9.17) is 9.47 Å². The molecule has 2 amide bonds. The molecule has 9 heteroatoms. The second kappa shape index (κ2) is 13.6. The molecular formula is C29H38N4O5. The van der Waals surface area contributed by atoms with E-state index in [1.165, 1.54) is 0 Å². The Balaban J connectivity index is 0.000000181. The highest BCUT2D eigenvalue weighted by atomic mass is 16.7. The second-order valence-corrected chi connectivity index (χ2v) is 10.2. The van der Waals surface area contributed by atoms with E-state index in [0.29, 0.717) is 12.8 Å². The zero-order valence-corrected chi connectivity index (χ0v) is 22.3. The molecule has 3 saturated heterocycles. The Bertz CT molecular complexity index is 1050. The van der Waals surface area contributed by atoms with Crippen LogP contribution in [0.5, 0.6) is 0 Å². The SMILES string of the molecule is CN1C(=O)C(CCC2OCCCO2)CC1c1cccnc1.CN1C(=O)C(CCC=O)CC1c1cccnc1. The molecule has 2 aromatic heterocycles. The maximum atomic E-state index is 12.4. The van der Waals surface area contributed by atoms with Crippen LogP contribution in [0.4, 0.5) is 0 Å². The number of carbonyl (C=O) groups excluding carboxylic acids is 3. The molecule has 0 saturated carbocycles. The van der Waals surface area contributed by atoms with E-state index in [1.807, 2.05) is 49.5 Å². The van der Waals surface area contributed by atoms with E-state index in [0.717, 1.165) is 62.7 Å². The van der Waals surface area contributed by atoms with Gasteiger partial charge in [-0.05, 0) is 61.8 Å². The number of hydrogen-bond acceptors (Lipinski definition) is 7. The van der Waals surface area contributed by atoms with Crippen LogP contribution in [0.25, 0.3) is 0 Å². The summed E-state index contributed by atoms with van der Waals surface area (Å²) in [6.45, 7) is 1.53. The van der Waals surface area contributed by atoms with Gasteiger partial charge in [-0.1, -0.05) is 12.1 Å². The molecule has 9 nitrogen and oxygen atoms in total. The van der Waals surface area contributed by atoms with Crippen molar-refractivity contribution in [3.63, 3.8) is 0 Å². The van der Waals surface area contributed by atoms with Crippen LogP contribution in [-0.4, -0.2) is 71.5 Å². The van der Waals surface area contributed by atoms with Gasteiger partial charge < -0.3 is 24.1 Å². The molecule has 0 spiro atoms. The summed E-state index contributed by atoms with van der Waals surface area (Å²) in [5, 5.41) is 0. The molecule has 0 radical (unpaired) electrons. The first kappa shape index (κ1) is 27.9. The fourth-order valence-corrected chi connectivity index (χ4v) is 5.60. The molecule has 5 rings (SSSR count). The molecule has 0 aliphatic carbocycles. The highest BCUT2D eigenvalue weighted by molar-refractivity contribution is 5.82. The Morgan fingerprint density at radius 2 is 1.37 bits per heavy atom. The lowest BCUT2D eigenvalue weighted by atomic mass is 9.96. The van der Waals surface area contributed by atoms with Crippen LogP contribution < -0.4 is 0 Å². The number of amides is 2. The number of likely N-dealkylation sites (tertiary alicyclic amines) is 2. The minimum absolute atomic E-state index is 0.0181. The van der Waals surface area contributed by atoms with Crippen LogP contribution in [0, 0.1) is 11.8 Å². The third-order valence-corrected chi connectivity index (χ3v) is 7.76. The zero-order chi connectivity index (χ0) is 26.9. The number of hydrogen-bond donors (Lipinski definition) is 0. The molecule has 2 aromatic rings. The van der Waals surface area contributed by atoms with Crippen molar-refractivity contribution in [2.24, 2.45) is 11.8 Å². The first-order chi connectivity index (χ1) is 18.5. The fourth-order valence-electron chi connectivity index (χ4n) is 5.60. The van der Waals surface area contributed by atoms with Crippen molar-refractivity contribution in [1.29, 1.82) is 0 Å². The van der Waals surface area contributed by atoms with Crippen molar-refractivity contribution in [1.82, 2.24) is 19.8 Å². The number of aromatic nitrogens is 2. The molecule has 204 valence electrons. The largest absolute Gasteiger partial charge is 0.353 e. The highest BCUT2D eigenvalue weighted by Gasteiger charge is 2.38. The number of nitrogens with zero attached hydrogens (tertiary/aromatic N) is 4. The van der Waals surface area contributed by atoms with Crippen LogP contribution in [0.15, 0.2) is 49.1 Å². The standard InChI is InChI=1S/C16H22N2O3.C13H16N2O2/c1-18-14(13-4-2-7-17-11-13)10-12(16(18)19)5-6-15-20-8-3-9-21-15;1-15-12(11-4-2-6-14-9-11)8-10(13(15)17)5-3-7-16/h2,4,7,11-12,14-15H,3,5-6,8-10H2,1H3;2,4,6-7,9-10,12H,3,5,8H2,1H3. The van der Waals surface area contributed by atoms with Crippen molar-refractivity contribution in [3.05, 3.63) is 60.2 Å². The second-order valence-electron chi connectivity index (χ2n) is 10.2. The maximum Gasteiger partial charge on any atom is 0.226 e. The van der Waals surface area contributed by atoms with Crippen molar-refractivity contribution < 1.29 is 23.9 Å². The van der Waals surface area contributed by atoms with E-state index < -0.39 is 0 Å². The Morgan fingerprint density at radius 1 is 0.842 bits per heavy atom. The summed E-state index contributed by atoms with van der Waals surface area (Å²) in [6, 6.07) is 8.08. The van der Waals surface area contributed by atoms with Crippen LogP contribution >= 0.6 is 0 Å². The molecule has 0 aromatic carbocycles. The predicted molar refractivity (Wildman–Crippen MR) is 141 cm³/mol. The summed E-state index contributed by atoms with van der Waals surface area (Å²) in [6.07, 6.45) is 13.2. The highest BCUT2D eigenvalue weighted by Crippen LogP contribution is 2.38. The topological polar surface area (TPSA) is 102 Å². The smallest absolute Gasteiger partial charge is 0.226 e. The van der Waals surface area contributed by atoms with E-state index >= 15 is 0 Å². The summed E-state index contributed by atoms with van der Waals surface area (Å²) in [7, 11) is 3.70. The van der Waals surface area contributed by atoms with Gasteiger partial charge in [-0.3, -0.25) is 19.6 Å². The lowest BCUT2D eigenvalue weighted by Crippen LogP contribution is -2.27. The van der Waals surface area contributed by atoms with Gasteiger partial charge in [-0.15, -0.1) is 0 Å². The van der Waals surface area contributed by atoms with Gasteiger partial charge in [0.25, 0.3) is 0 Å². The lowest BCUT2D eigenvalue weighted by molar-refractivity contribution is -0.182. The molecule has 3 aliphatic rings. The van der Waals surface area contributed by atoms with Crippen molar-refractivity contribution >= 4 is 18.1 Å². The van der Waals surface area contributed by atoms with Crippen molar-refractivity contribution in [2.45, 2.75) is 63.3 Å². The quantitative estimate of drug-likeness (QED) is 0.487. The molecule has 38 heavy (non-hydrogen) atoms. The molecular weight excluding hydrogens is 484 g/mol. The van der Waals surface area contributed by atoms with E-state index in [9.17, 15) is 14.4 Å². The van der Waals surface area contributed by atoms with Crippen molar-refractivity contribution in [2.75, 3.05) is 27.3 Å². The summed E-state index contributed by atoms with van der Waals surface area (Å²) in [4.78, 5) is 46.6. The molecule has 0 N–H and O–H groups in total. The third kappa shape index (κ3) is 6.82. The molecule has 3 fully saturated rings. The zero-order valence-electron chi connectivity index (χ0n) is 22.3. The van der Waals surface area contributed by atoms with Crippen molar-refractivity contribution in [3.8, 4) is 0 Å². The Labute approximate surface area is 224 Å². The van der Waals surface area contributed by atoms with Crippen LogP contribution in [0.2, 0.25) is 0 Å². The lowest BCUT2D eigenvalue weighted by Gasteiger charge is -2.23. The number of pyridine rings is 2. The number of carbonyl (C=O) groups is 3. The third-order valence-electron chi connectivity index (χ3n) is 7.76.